The maximum atomic E-state index is 11.3. The number of aryl methyl sites for hydroxylation is 2. The Morgan fingerprint density at radius 3 is 0.875 bits per heavy atom. The van der Waals surface area contributed by atoms with Gasteiger partial charge in [-0.25, -0.2) is 0 Å². The summed E-state index contributed by atoms with van der Waals surface area (Å²) in [5.41, 5.74) is 5.64. The summed E-state index contributed by atoms with van der Waals surface area (Å²) in [7, 11) is 0. The van der Waals surface area contributed by atoms with Crippen molar-refractivity contribution in [3.05, 3.63) is 69.8 Å². The van der Waals surface area contributed by atoms with Gasteiger partial charge in [-0.2, -0.15) is 0 Å². The first kappa shape index (κ1) is 32.5. The average molecular weight is 579 g/mol. The molecule has 0 saturated heterocycles. The summed E-state index contributed by atoms with van der Waals surface area (Å²) in [6.45, 7) is 30.3. The summed E-state index contributed by atoms with van der Waals surface area (Å²) in [6, 6.07) is 13.1. The predicted molar refractivity (Wildman–Crippen MR) is 175 cm³/mol. The summed E-state index contributed by atoms with van der Waals surface area (Å²) in [5, 5.41) is 22.5. The van der Waals surface area contributed by atoms with Crippen LogP contribution in [0.5, 0.6) is 11.5 Å². The van der Waals surface area contributed by atoms with Crippen molar-refractivity contribution in [2.75, 3.05) is 0 Å². The van der Waals surface area contributed by atoms with Crippen molar-refractivity contribution in [3.63, 3.8) is 0 Å². The van der Waals surface area contributed by atoms with Crippen LogP contribution in [0, 0.1) is 13.8 Å². The number of phenols is 2. The van der Waals surface area contributed by atoms with Crippen molar-refractivity contribution in [2.24, 2.45) is 0 Å². The van der Waals surface area contributed by atoms with Crippen LogP contribution in [-0.2, 0) is 21.7 Å². The average Bonchev–Trinajstić information content (AvgIpc) is 2.77. The molecule has 0 aromatic heterocycles. The fourth-order valence-electron chi connectivity index (χ4n) is 4.87. The highest BCUT2D eigenvalue weighted by molar-refractivity contribution is 8.02. The lowest BCUT2D eigenvalue weighted by atomic mass is 9.79. The third-order valence-corrected chi connectivity index (χ3v) is 9.88. The maximum Gasteiger partial charge on any atom is 0.123 e. The second-order valence-corrected chi connectivity index (χ2v) is 17.5. The zero-order valence-corrected chi connectivity index (χ0v) is 28.8. The molecule has 0 saturated carbocycles. The maximum absolute atomic E-state index is 11.3. The van der Waals surface area contributed by atoms with Gasteiger partial charge in [-0.1, -0.05) is 119 Å². The Morgan fingerprint density at radius 2 is 0.675 bits per heavy atom. The van der Waals surface area contributed by atoms with Gasteiger partial charge in [-0.05, 0) is 70.9 Å². The van der Waals surface area contributed by atoms with E-state index >= 15 is 0 Å². The fraction of sp³-hybridized carbons (Fsp3) is 0.500. The van der Waals surface area contributed by atoms with E-state index in [0.29, 0.717) is 11.5 Å². The molecule has 0 radical (unpaired) electrons. The third-order valence-electron chi connectivity index (χ3n) is 7.34. The molecule has 0 bridgehead atoms. The van der Waals surface area contributed by atoms with Crippen molar-refractivity contribution >= 4 is 23.5 Å². The van der Waals surface area contributed by atoms with Crippen LogP contribution in [0.25, 0.3) is 0 Å². The van der Waals surface area contributed by atoms with Crippen molar-refractivity contribution < 1.29 is 10.2 Å². The first-order valence-corrected chi connectivity index (χ1v) is 15.9. The Morgan fingerprint density at radius 1 is 0.450 bits per heavy atom. The predicted octanol–water partition coefficient (Wildman–Crippen LogP) is 11.2. The van der Waals surface area contributed by atoms with Crippen LogP contribution in [0.4, 0.5) is 0 Å². The first-order chi connectivity index (χ1) is 18.0. The molecule has 0 amide bonds. The SMILES string of the molecule is Cc1ccc(C)c(Sc2cc(C(C)(C)C)c(O)c(C(C)(C)C)c2)c1Sc1cc(C(C)(C)C)c(O)c(C(C)(C)C)c1. The topological polar surface area (TPSA) is 40.5 Å². The molecule has 218 valence electrons. The van der Waals surface area contributed by atoms with Gasteiger partial charge in [0.05, 0.1) is 0 Å². The number of benzene rings is 3. The van der Waals surface area contributed by atoms with Gasteiger partial charge < -0.3 is 10.2 Å². The lowest BCUT2D eigenvalue weighted by Crippen LogP contribution is -2.17. The van der Waals surface area contributed by atoms with Gasteiger partial charge in [-0.3, -0.25) is 0 Å². The highest BCUT2D eigenvalue weighted by atomic mass is 32.2. The van der Waals surface area contributed by atoms with E-state index in [-0.39, 0.29) is 21.7 Å². The lowest BCUT2D eigenvalue weighted by Gasteiger charge is -2.29. The Balaban J connectivity index is 2.22. The van der Waals surface area contributed by atoms with E-state index in [2.05, 4.69) is 133 Å². The fourth-order valence-corrected chi connectivity index (χ4v) is 7.26. The third kappa shape index (κ3) is 7.05. The van der Waals surface area contributed by atoms with Crippen molar-refractivity contribution in [2.45, 2.75) is 138 Å². The number of aromatic hydroxyl groups is 2. The molecule has 0 aliphatic rings. The van der Waals surface area contributed by atoms with Gasteiger partial charge >= 0.3 is 0 Å². The molecule has 0 unspecified atom stereocenters. The molecular weight excluding hydrogens is 529 g/mol. The van der Waals surface area contributed by atoms with Gasteiger partial charge in [0.25, 0.3) is 0 Å². The second-order valence-electron chi connectivity index (χ2n) is 15.3. The van der Waals surface area contributed by atoms with Gasteiger partial charge in [0.1, 0.15) is 11.5 Å². The monoisotopic (exact) mass is 578 g/mol. The van der Waals surface area contributed by atoms with Crippen LogP contribution < -0.4 is 0 Å². The Bertz CT molecular complexity index is 1230. The molecule has 3 aromatic rings. The van der Waals surface area contributed by atoms with Crippen LogP contribution in [-0.4, -0.2) is 10.2 Å². The van der Waals surface area contributed by atoms with Crippen LogP contribution in [0.1, 0.15) is 116 Å². The molecular formula is C36H50O2S2. The number of phenolic OH excluding ortho intramolecular Hbond substituents is 2. The van der Waals surface area contributed by atoms with Crippen molar-refractivity contribution in [1.29, 1.82) is 0 Å². The summed E-state index contributed by atoms with van der Waals surface area (Å²) < 4.78 is 0. The van der Waals surface area contributed by atoms with Crippen LogP contribution in [0.3, 0.4) is 0 Å². The smallest absolute Gasteiger partial charge is 0.123 e. The number of rotatable bonds is 4. The Labute approximate surface area is 252 Å². The van der Waals surface area contributed by atoms with E-state index in [1.165, 1.54) is 20.9 Å². The summed E-state index contributed by atoms with van der Waals surface area (Å²) in [6.07, 6.45) is 0. The van der Waals surface area contributed by atoms with Gasteiger partial charge in [-0.15, -0.1) is 0 Å². The van der Waals surface area contributed by atoms with Gasteiger partial charge in [0, 0.05) is 41.8 Å². The van der Waals surface area contributed by atoms with E-state index in [1.807, 2.05) is 0 Å². The number of hydrogen-bond acceptors (Lipinski definition) is 4. The van der Waals surface area contributed by atoms with E-state index in [4.69, 9.17) is 0 Å². The molecule has 0 spiro atoms. The molecule has 2 N–H and O–H groups in total. The van der Waals surface area contributed by atoms with E-state index in [9.17, 15) is 10.2 Å². The molecule has 0 fully saturated rings. The van der Waals surface area contributed by atoms with Crippen LogP contribution >= 0.6 is 23.5 Å². The highest BCUT2D eigenvalue weighted by Crippen LogP contribution is 2.49. The van der Waals surface area contributed by atoms with Crippen LogP contribution in [0.2, 0.25) is 0 Å². The summed E-state index contributed by atoms with van der Waals surface area (Å²) in [5.74, 6) is 0.821. The van der Waals surface area contributed by atoms with Crippen molar-refractivity contribution in [1.82, 2.24) is 0 Å². The number of hydrogen-bond donors (Lipinski definition) is 2. The van der Waals surface area contributed by atoms with Gasteiger partial charge in [0.2, 0.25) is 0 Å². The molecule has 0 atom stereocenters. The zero-order valence-electron chi connectivity index (χ0n) is 27.2. The highest BCUT2D eigenvalue weighted by Gasteiger charge is 2.29. The second kappa shape index (κ2) is 11.0. The summed E-state index contributed by atoms with van der Waals surface area (Å²) >= 11 is 3.57. The van der Waals surface area contributed by atoms with Crippen molar-refractivity contribution in [3.8, 4) is 11.5 Å². The zero-order chi connectivity index (χ0) is 30.6. The molecule has 3 rings (SSSR count). The minimum absolute atomic E-state index is 0.182. The first-order valence-electron chi connectivity index (χ1n) is 14.2. The molecule has 0 aliphatic heterocycles. The van der Waals surface area contributed by atoms with E-state index in [0.717, 1.165) is 32.0 Å². The molecule has 40 heavy (non-hydrogen) atoms. The Hall–Kier alpha value is -2.04. The minimum Gasteiger partial charge on any atom is -0.507 e. The standard InChI is InChI=1S/C36H50O2S2/c1-21-15-16-22(2)32(40-24-19-27(35(9,10)11)30(38)28(20-24)36(12,13)14)31(21)39-23-17-25(33(3,4)5)29(37)26(18-23)34(6,7)8/h15-20,37-38H,1-14H3. The van der Waals surface area contributed by atoms with E-state index in [1.54, 1.807) is 23.5 Å². The molecule has 4 heteroatoms. The minimum atomic E-state index is -0.182. The largest absolute Gasteiger partial charge is 0.507 e. The molecule has 0 aliphatic carbocycles. The lowest BCUT2D eigenvalue weighted by molar-refractivity contribution is 0.421. The molecule has 0 heterocycles. The van der Waals surface area contributed by atoms with Gasteiger partial charge in [0.15, 0.2) is 0 Å². The Kier molecular flexibility index (Phi) is 8.92. The quantitative estimate of drug-likeness (QED) is 0.323. The molecule has 2 nitrogen and oxygen atoms in total. The normalized spacial score (nSPS) is 13.2. The molecule has 3 aromatic carbocycles. The van der Waals surface area contributed by atoms with E-state index < -0.39 is 0 Å². The summed E-state index contributed by atoms with van der Waals surface area (Å²) in [4.78, 5) is 4.75. The van der Waals surface area contributed by atoms with Crippen LogP contribution in [0.15, 0.2) is 56.0 Å².